The molecule has 0 aliphatic rings. The second-order valence-corrected chi connectivity index (χ2v) is 23.5. The number of rotatable bonds is 55. The van der Waals surface area contributed by atoms with Crippen molar-refractivity contribution in [1.82, 2.24) is 5.32 Å². The average Bonchev–Trinajstić information content (AvgIpc) is 3.41. The zero-order valence-electron chi connectivity index (χ0n) is 51.3. The highest BCUT2D eigenvalue weighted by atomic mass is 31.2. The van der Waals surface area contributed by atoms with E-state index in [1.54, 1.807) is 0 Å². The average molecular weight is 1120 g/mol. The van der Waals surface area contributed by atoms with E-state index in [4.69, 9.17) is 13.8 Å². The summed E-state index contributed by atoms with van der Waals surface area (Å²) >= 11 is 0. The van der Waals surface area contributed by atoms with Gasteiger partial charge in [-0.15, -0.1) is 0 Å². The molecule has 79 heavy (non-hydrogen) atoms. The van der Waals surface area contributed by atoms with Gasteiger partial charge in [-0.3, -0.25) is 18.6 Å². The van der Waals surface area contributed by atoms with Crippen LogP contribution in [0.15, 0.2) is 134 Å². The van der Waals surface area contributed by atoms with Gasteiger partial charge in [-0.05, 0) is 96.0 Å². The van der Waals surface area contributed by atoms with Crippen LogP contribution in [0.3, 0.4) is 0 Å². The first-order valence-corrected chi connectivity index (χ1v) is 33.1. The van der Waals surface area contributed by atoms with Crippen LogP contribution in [0.4, 0.5) is 0 Å². The van der Waals surface area contributed by atoms with E-state index < -0.39 is 20.0 Å². The lowest BCUT2D eigenvalue weighted by atomic mass is 10.0. The Balaban J connectivity index is 5.36. The van der Waals surface area contributed by atoms with Crippen LogP contribution >= 0.6 is 7.82 Å². The van der Waals surface area contributed by atoms with Crippen LogP contribution < -0.4 is 5.32 Å². The fourth-order valence-electron chi connectivity index (χ4n) is 8.37. The number of unbranched alkanes of at least 4 members (excludes halogenated alkanes) is 24. The van der Waals surface area contributed by atoms with Gasteiger partial charge in [0.2, 0.25) is 5.91 Å². The Bertz CT molecular complexity index is 1810. The molecule has 0 fully saturated rings. The van der Waals surface area contributed by atoms with Crippen LogP contribution in [0.2, 0.25) is 0 Å². The molecule has 0 radical (unpaired) electrons. The van der Waals surface area contributed by atoms with Crippen molar-refractivity contribution in [3.05, 3.63) is 134 Å². The summed E-state index contributed by atoms with van der Waals surface area (Å²) in [6, 6.07) is -0.883. The quantitative estimate of drug-likeness (QED) is 0.0156. The van der Waals surface area contributed by atoms with Crippen molar-refractivity contribution in [3.8, 4) is 0 Å². The van der Waals surface area contributed by atoms with Crippen molar-refractivity contribution >= 4 is 19.7 Å². The summed E-state index contributed by atoms with van der Waals surface area (Å²) in [5, 5.41) is 3.04. The lowest BCUT2D eigenvalue weighted by molar-refractivity contribution is -0.870. The van der Waals surface area contributed by atoms with Gasteiger partial charge in [-0.2, -0.15) is 0 Å². The van der Waals surface area contributed by atoms with E-state index in [0.29, 0.717) is 23.9 Å². The van der Waals surface area contributed by atoms with Gasteiger partial charge in [0.15, 0.2) is 0 Å². The van der Waals surface area contributed by atoms with Crippen molar-refractivity contribution < 1.29 is 37.3 Å². The van der Waals surface area contributed by atoms with Crippen molar-refractivity contribution in [1.29, 1.82) is 0 Å². The molecule has 0 saturated heterocycles. The summed E-state index contributed by atoms with van der Waals surface area (Å²) in [4.78, 5) is 37.7. The number of allylic oxidation sites excluding steroid dienone is 21. The minimum absolute atomic E-state index is 0.0224. The number of amides is 1. The highest BCUT2D eigenvalue weighted by Crippen LogP contribution is 2.43. The molecule has 1 amide bonds. The second kappa shape index (κ2) is 57.4. The summed E-state index contributed by atoms with van der Waals surface area (Å²) < 4.78 is 30.7. The first-order valence-electron chi connectivity index (χ1n) is 31.6. The van der Waals surface area contributed by atoms with Crippen LogP contribution in [-0.4, -0.2) is 74.3 Å². The maximum atomic E-state index is 13.6. The van der Waals surface area contributed by atoms with E-state index in [1.165, 1.54) is 103 Å². The van der Waals surface area contributed by atoms with Crippen molar-refractivity contribution in [2.45, 2.75) is 251 Å². The summed E-state index contributed by atoms with van der Waals surface area (Å²) in [6.45, 7) is 6.78. The minimum atomic E-state index is -4.47. The third kappa shape index (κ3) is 58.6. The van der Waals surface area contributed by atoms with Gasteiger partial charge >= 0.3 is 13.8 Å². The normalized spacial score (nSPS) is 14.6. The predicted molar refractivity (Wildman–Crippen MR) is 341 cm³/mol. The van der Waals surface area contributed by atoms with Crippen molar-refractivity contribution in [2.24, 2.45) is 0 Å². The standard InChI is InChI=1S/C69H117N2O7P/c1-7-10-13-16-19-22-25-28-30-32-33-34-35-36-37-39-40-43-46-49-52-55-58-61-68(72)70-66(65-77-79(74,75)76-64-63-71(4,5)6)67(60-57-54-51-48-45-42-27-24-21-18-15-12-9-3)78-69(73)62-59-56-53-50-47-44-41-38-31-29-26-23-20-17-14-11-8-2/h11,14,17,19-20,22-23,26,28-31,33-34,36-38,41,44,47,57,60,66-67H,7-10,12-13,15-16,18,21,24-25,27,32,35,39-40,42-43,45-46,48-56,58-59,61-65H2,1-6H3,(H-,70,72,74,75)/p+1/b14-11-,20-17+,22-19-,26-23+,30-28-,31-29-,34-33-,37-36-,41-38+,47-44+,60-57-. The number of esters is 1. The number of quaternary nitrogens is 1. The van der Waals surface area contributed by atoms with Crippen LogP contribution in [0, 0.1) is 0 Å². The maximum Gasteiger partial charge on any atom is 0.472 e. The molecule has 0 aliphatic carbocycles. The van der Waals surface area contributed by atoms with Crippen molar-refractivity contribution in [3.63, 3.8) is 0 Å². The molecule has 0 spiro atoms. The number of nitrogens with one attached hydrogen (secondary N) is 1. The number of likely N-dealkylation sites (N-methyl/N-ethyl adjacent to an activating group) is 1. The Labute approximate surface area is 485 Å². The van der Waals surface area contributed by atoms with Crippen LogP contribution in [0.25, 0.3) is 0 Å². The molecule has 10 heteroatoms. The molecule has 0 heterocycles. The third-order valence-electron chi connectivity index (χ3n) is 13.2. The largest absolute Gasteiger partial charge is 0.472 e. The highest BCUT2D eigenvalue weighted by Gasteiger charge is 2.30. The second-order valence-electron chi connectivity index (χ2n) is 22.0. The molecule has 3 atom stereocenters. The van der Waals surface area contributed by atoms with Gasteiger partial charge in [0, 0.05) is 12.8 Å². The van der Waals surface area contributed by atoms with Crippen LogP contribution in [-0.2, 0) is 27.9 Å². The molecular formula is C69H118N2O7P+. The molecular weight excluding hydrogens is 1000 g/mol. The molecule has 0 bridgehead atoms. The number of ether oxygens (including phenoxy) is 1. The molecule has 0 aromatic carbocycles. The summed E-state index contributed by atoms with van der Waals surface area (Å²) in [7, 11) is 1.44. The number of phosphoric acid groups is 1. The zero-order valence-corrected chi connectivity index (χ0v) is 52.2. The third-order valence-corrected chi connectivity index (χ3v) is 14.2. The number of nitrogens with zero attached hydrogens (tertiary/aromatic N) is 1. The Kier molecular flexibility index (Phi) is 54.6. The summed E-state index contributed by atoms with van der Waals surface area (Å²) in [5.74, 6) is -0.577. The fourth-order valence-corrected chi connectivity index (χ4v) is 9.10. The first kappa shape index (κ1) is 75.2. The van der Waals surface area contributed by atoms with Gasteiger partial charge in [0.05, 0.1) is 33.8 Å². The molecule has 3 unspecified atom stereocenters. The van der Waals surface area contributed by atoms with E-state index in [-0.39, 0.29) is 31.5 Å². The molecule has 0 saturated carbocycles. The Morgan fingerprint density at radius 3 is 1.37 bits per heavy atom. The number of hydrogen-bond donors (Lipinski definition) is 2. The number of hydrogen-bond acceptors (Lipinski definition) is 6. The minimum Gasteiger partial charge on any atom is -0.456 e. The molecule has 9 nitrogen and oxygen atoms in total. The summed E-state index contributed by atoms with van der Waals surface area (Å²) in [6.07, 6.45) is 81.6. The van der Waals surface area contributed by atoms with Crippen LogP contribution in [0.1, 0.15) is 239 Å². The Morgan fingerprint density at radius 2 is 0.861 bits per heavy atom. The number of carbonyl (C=O) groups is 2. The smallest absolute Gasteiger partial charge is 0.456 e. The van der Waals surface area contributed by atoms with E-state index >= 15 is 0 Å². The SMILES string of the molecule is CC\C=C/C=C/C=C/C=C\C=C\C=C\CCCCCC(=O)OC(/C=C\CCCCCCCCCCCCC)C(COP(=O)(O)OCC[N+](C)(C)C)NC(=O)CCCCCCCCC/C=C\C/C=C\C/C=C\C/C=C\CCCCC. The molecule has 450 valence electrons. The molecule has 0 aromatic heterocycles. The van der Waals surface area contributed by atoms with E-state index in [2.05, 4.69) is 86.8 Å². The monoisotopic (exact) mass is 1120 g/mol. The molecule has 0 rings (SSSR count). The topological polar surface area (TPSA) is 111 Å². The molecule has 0 aliphatic heterocycles. The van der Waals surface area contributed by atoms with Crippen LogP contribution in [0.5, 0.6) is 0 Å². The van der Waals surface area contributed by atoms with E-state index in [0.717, 1.165) is 96.3 Å². The lowest BCUT2D eigenvalue weighted by Crippen LogP contribution is -2.47. The van der Waals surface area contributed by atoms with Crippen molar-refractivity contribution in [2.75, 3.05) is 40.9 Å². The first-order chi connectivity index (χ1) is 38.4. The van der Waals surface area contributed by atoms with Gasteiger partial charge in [-0.1, -0.05) is 264 Å². The van der Waals surface area contributed by atoms with E-state index in [1.807, 2.05) is 94.1 Å². The molecule has 0 aromatic rings. The van der Waals surface area contributed by atoms with Gasteiger partial charge in [-0.25, -0.2) is 4.57 Å². The maximum absolute atomic E-state index is 13.6. The highest BCUT2D eigenvalue weighted by molar-refractivity contribution is 7.47. The number of carbonyl (C=O) groups excluding carboxylic acids is 2. The lowest BCUT2D eigenvalue weighted by Gasteiger charge is -2.27. The summed E-state index contributed by atoms with van der Waals surface area (Å²) in [5.41, 5.74) is 0. The Morgan fingerprint density at radius 1 is 0.468 bits per heavy atom. The number of phosphoric ester groups is 1. The molecule has 2 N–H and O–H groups in total. The van der Waals surface area contributed by atoms with Gasteiger partial charge in [0.1, 0.15) is 19.3 Å². The Hall–Kier alpha value is -3.85. The predicted octanol–water partition coefficient (Wildman–Crippen LogP) is 19.7. The van der Waals surface area contributed by atoms with E-state index in [9.17, 15) is 19.0 Å². The zero-order chi connectivity index (χ0) is 57.9. The van der Waals surface area contributed by atoms with Gasteiger partial charge < -0.3 is 19.4 Å². The fraction of sp³-hybridized carbons (Fsp3) is 0.652. The van der Waals surface area contributed by atoms with Gasteiger partial charge in [0.25, 0.3) is 0 Å².